The van der Waals surface area contributed by atoms with Crippen LogP contribution >= 0.6 is 0 Å². The summed E-state index contributed by atoms with van der Waals surface area (Å²) in [4.78, 5) is 16.6. The Morgan fingerprint density at radius 1 is 0.889 bits per heavy atom. The summed E-state index contributed by atoms with van der Waals surface area (Å²) in [6.45, 7) is 0. The fraction of sp³-hybridized carbons (Fsp3) is 0. The third kappa shape index (κ3) is 2.18. The van der Waals surface area contributed by atoms with Crippen LogP contribution in [-0.2, 0) is 0 Å². The second-order valence-electron chi connectivity index (χ2n) is 6.15. The standard InChI is InChI=1S/C18H11N9/c1-3-15-23-18(11-2-4-16-24-20-10-26(16)8-11)25-27(15)9-12(1)17-21-13-5-6-19-7-14(13)22-17/h1-10H,(H,21,22). The number of nitrogens with zero attached hydrogens (tertiary/aromatic N) is 8. The van der Waals surface area contributed by atoms with Crippen molar-refractivity contribution in [3.63, 3.8) is 0 Å². The lowest BCUT2D eigenvalue weighted by Crippen LogP contribution is -1.90. The number of fused-ring (bicyclic) bond motifs is 3. The highest BCUT2D eigenvalue weighted by atomic mass is 15.3. The summed E-state index contributed by atoms with van der Waals surface area (Å²) in [5, 5.41) is 12.5. The van der Waals surface area contributed by atoms with E-state index in [4.69, 9.17) is 0 Å². The summed E-state index contributed by atoms with van der Waals surface area (Å²) in [5.74, 6) is 1.40. The van der Waals surface area contributed by atoms with Gasteiger partial charge in [-0.15, -0.1) is 15.3 Å². The molecule has 9 heteroatoms. The monoisotopic (exact) mass is 353 g/mol. The zero-order valence-corrected chi connectivity index (χ0v) is 13.9. The number of hydrogen-bond donors (Lipinski definition) is 1. The maximum Gasteiger partial charge on any atom is 0.183 e. The molecule has 0 unspecified atom stereocenters. The summed E-state index contributed by atoms with van der Waals surface area (Å²) in [5.41, 5.74) is 5.13. The second-order valence-corrected chi connectivity index (χ2v) is 6.15. The van der Waals surface area contributed by atoms with Gasteiger partial charge in [0.15, 0.2) is 17.1 Å². The molecule has 0 atom stereocenters. The van der Waals surface area contributed by atoms with E-state index in [2.05, 4.69) is 35.2 Å². The van der Waals surface area contributed by atoms with Crippen LogP contribution in [0.1, 0.15) is 0 Å². The van der Waals surface area contributed by atoms with Gasteiger partial charge >= 0.3 is 0 Å². The Balaban J connectivity index is 1.46. The minimum absolute atomic E-state index is 0.636. The molecule has 128 valence electrons. The van der Waals surface area contributed by atoms with Gasteiger partial charge < -0.3 is 4.98 Å². The molecule has 0 amide bonds. The average Bonchev–Trinajstić information content (AvgIpc) is 3.42. The van der Waals surface area contributed by atoms with Crippen molar-refractivity contribution in [2.45, 2.75) is 0 Å². The average molecular weight is 353 g/mol. The Hall–Kier alpha value is -4.14. The van der Waals surface area contributed by atoms with E-state index in [0.29, 0.717) is 5.82 Å². The minimum atomic E-state index is 0.636. The fourth-order valence-corrected chi connectivity index (χ4v) is 3.10. The van der Waals surface area contributed by atoms with Crippen LogP contribution in [0.15, 0.2) is 61.4 Å². The molecule has 0 radical (unpaired) electrons. The van der Waals surface area contributed by atoms with Gasteiger partial charge in [-0.25, -0.2) is 14.5 Å². The predicted octanol–water partition coefficient (Wildman–Crippen LogP) is 2.38. The van der Waals surface area contributed by atoms with Gasteiger partial charge in [-0.3, -0.25) is 9.38 Å². The van der Waals surface area contributed by atoms with E-state index in [0.717, 1.165) is 39.3 Å². The van der Waals surface area contributed by atoms with E-state index in [1.54, 1.807) is 23.2 Å². The lowest BCUT2D eigenvalue weighted by atomic mass is 10.2. The van der Waals surface area contributed by atoms with Crippen molar-refractivity contribution in [2.75, 3.05) is 0 Å². The summed E-state index contributed by atoms with van der Waals surface area (Å²) in [6, 6.07) is 9.60. The number of H-pyrrole nitrogens is 1. The van der Waals surface area contributed by atoms with Crippen molar-refractivity contribution < 1.29 is 0 Å². The third-order valence-corrected chi connectivity index (χ3v) is 4.44. The Morgan fingerprint density at radius 3 is 2.78 bits per heavy atom. The van der Waals surface area contributed by atoms with E-state index in [1.807, 2.05) is 47.1 Å². The second kappa shape index (κ2) is 5.18. The molecular weight excluding hydrogens is 342 g/mol. The molecule has 0 aromatic carbocycles. The van der Waals surface area contributed by atoms with Gasteiger partial charge in [0.1, 0.15) is 12.2 Å². The topological polar surface area (TPSA) is 102 Å². The van der Waals surface area contributed by atoms with Gasteiger partial charge in [-0.1, -0.05) is 0 Å². The normalized spacial score (nSPS) is 11.7. The Morgan fingerprint density at radius 2 is 1.81 bits per heavy atom. The molecule has 0 bridgehead atoms. The molecule has 6 heterocycles. The Bertz CT molecular complexity index is 1410. The van der Waals surface area contributed by atoms with Gasteiger partial charge in [-0.2, -0.15) is 0 Å². The Labute approximate surface area is 151 Å². The molecule has 27 heavy (non-hydrogen) atoms. The zero-order valence-electron chi connectivity index (χ0n) is 13.9. The molecule has 0 saturated heterocycles. The molecular formula is C18H11N9. The molecule has 0 spiro atoms. The van der Waals surface area contributed by atoms with Crippen molar-refractivity contribution in [1.82, 2.24) is 44.1 Å². The molecule has 6 aromatic rings. The maximum atomic E-state index is 4.61. The van der Waals surface area contributed by atoms with Crippen LogP contribution in [0.2, 0.25) is 0 Å². The number of pyridine rings is 3. The summed E-state index contributed by atoms with van der Waals surface area (Å²) in [6.07, 6.45) is 8.97. The van der Waals surface area contributed by atoms with Crippen LogP contribution < -0.4 is 0 Å². The largest absolute Gasteiger partial charge is 0.337 e. The van der Waals surface area contributed by atoms with Gasteiger partial charge in [0.25, 0.3) is 0 Å². The number of imidazole rings is 1. The number of aromatic nitrogens is 9. The zero-order chi connectivity index (χ0) is 17.8. The number of hydrogen-bond acceptors (Lipinski definition) is 6. The van der Waals surface area contributed by atoms with Crippen molar-refractivity contribution in [1.29, 1.82) is 0 Å². The summed E-state index contributed by atoms with van der Waals surface area (Å²) in [7, 11) is 0. The van der Waals surface area contributed by atoms with Crippen LogP contribution in [0.25, 0.3) is 45.1 Å². The van der Waals surface area contributed by atoms with Crippen LogP contribution in [0.5, 0.6) is 0 Å². The van der Waals surface area contributed by atoms with Crippen LogP contribution in [0, 0.1) is 0 Å². The molecule has 0 fully saturated rings. The fourth-order valence-electron chi connectivity index (χ4n) is 3.10. The van der Waals surface area contributed by atoms with Crippen molar-refractivity contribution in [3.8, 4) is 22.8 Å². The highest BCUT2D eigenvalue weighted by Gasteiger charge is 2.11. The van der Waals surface area contributed by atoms with Gasteiger partial charge in [0.2, 0.25) is 0 Å². The number of rotatable bonds is 2. The van der Waals surface area contributed by atoms with Crippen LogP contribution in [0.4, 0.5) is 0 Å². The first-order valence-electron chi connectivity index (χ1n) is 8.30. The van der Waals surface area contributed by atoms with Gasteiger partial charge in [0.05, 0.1) is 17.2 Å². The molecule has 0 aliphatic carbocycles. The van der Waals surface area contributed by atoms with Crippen molar-refractivity contribution in [2.24, 2.45) is 0 Å². The van der Waals surface area contributed by atoms with Gasteiger partial charge in [-0.05, 0) is 30.3 Å². The quantitative estimate of drug-likeness (QED) is 0.513. The Kier molecular flexibility index (Phi) is 2.70. The van der Waals surface area contributed by atoms with Gasteiger partial charge in [0, 0.05) is 29.7 Å². The minimum Gasteiger partial charge on any atom is -0.337 e. The lowest BCUT2D eigenvalue weighted by molar-refractivity contribution is 0.964. The maximum absolute atomic E-state index is 4.61. The molecule has 6 aromatic heterocycles. The summed E-state index contributed by atoms with van der Waals surface area (Å²) < 4.78 is 3.60. The SMILES string of the molecule is c1cc2nc(-c3ccc4nc(-c5ccc6nncn6c5)nn4c3)[nH]c2cn1. The molecule has 0 saturated carbocycles. The van der Waals surface area contributed by atoms with E-state index in [-0.39, 0.29) is 0 Å². The molecule has 9 nitrogen and oxygen atoms in total. The van der Waals surface area contributed by atoms with E-state index < -0.39 is 0 Å². The van der Waals surface area contributed by atoms with E-state index >= 15 is 0 Å². The molecule has 1 N–H and O–H groups in total. The number of nitrogens with one attached hydrogen (secondary N) is 1. The van der Waals surface area contributed by atoms with Crippen LogP contribution in [0.3, 0.4) is 0 Å². The predicted molar refractivity (Wildman–Crippen MR) is 97.9 cm³/mol. The highest BCUT2D eigenvalue weighted by molar-refractivity contribution is 5.78. The van der Waals surface area contributed by atoms with Crippen molar-refractivity contribution >= 4 is 22.3 Å². The first-order valence-corrected chi connectivity index (χ1v) is 8.30. The number of aromatic amines is 1. The highest BCUT2D eigenvalue weighted by Crippen LogP contribution is 2.22. The van der Waals surface area contributed by atoms with E-state index in [9.17, 15) is 0 Å². The summed E-state index contributed by atoms with van der Waals surface area (Å²) >= 11 is 0. The van der Waals surface area contributed by atoms with E-state index in [1.165, 1.54) is 0 Å². The smallest absolute Gasteiger partial charge is 0.183 e. The molecule has 0 aliphatic heterocycles. The first-order chi connectivity index (χ1) is 13.3. The molecule has 0 aliphatic rings. The third-order valence-electron chi connectivity index (χ3n) is 4.44. The van der Waals surface area contributed by atoms with Crippen LogP contribution in [-0.4, -0.2) is 44.1 Å². The first kappa shape index (κ1) is 14.1. The lowest BCUT2D eigenvalue weighted by Gasteiger charge is -1.97. The van der Waals surface area contributed by atoms with Crippen molar-refractivity contribution in [3.05, 3.63) is 61.4 Å². The molecule has 6 rings (SSSR count).